The summed E-state index contributed by atoms with van der Waals surface area (Å²) in [6.45, 7) is 0.980. The standard InChI is InChI=1S/C12H11BrClFO5S/c13-9-6-10(15)11(21(14,17)18)5-8(9)12(16)20-7-1-3-19-4-2-7/h5-7H,1-4H2. The first-order valence-corrected chi connectivity index (χ1v) is 9.11. The molecule has 0 unspecified atom stereocenters. The highest BCUT2D eigenvalue weighted by atomic mass is 79.9. The maximum Gasteiger partial charge on any atom is 0.339 e. The fourth-order valence-corrected chi connectivity index (χ4v) is 3.26. The first-order chi connectivity index (χ1) is 9.79. The van der Waals surface area contributed by atoms with E-state index >= 15 is 0 Å². The molecule has 0 amide bonds. The Kier molecular flexibility index (Phi) is 5.24. The lowest BCUT2D eigenvalue weighted by Crippen LogP contribution is -2.26. The second-order valence-corrected chi connectivity index (χ2v) is 7.81. The molecular weight excluding hydrogens is 391 g/mol. The van der Waals surface area contributed by atoms with Crippen LogP contribution in [0.4, 0.5) is 4.39 Å². The minimum atomic E-state index is -4.29. The van der Waals surface area contributed by atoms with Crippen LogP contribution in [0.15, 0.2) is 21.5 Å². The highest BCUT2D eigenvalue weighted by molar-refractivity contribution is 9.10. The summed E-state index contributed by atoms with van der Waals surface area (Å²) in [5.41, 5.74) is -0.0953. The molecule has 1 fully saturated rings. The van der Waals surface area contributed by atoms with E-state index in [1.165, 1.54) is 0 Å². The molecule has 0 aromatic heterocycles. The van der Waals surface area contributed by atoms with Crippen molar-refractivity contribution in [3.05, 3.63) is 28.0 Å². The number of hydrogen-bond donors (Lipinski definition) is 0. The van der Waals surface area contributed by atoms with E-state index in [1.807, 2.05) is 0 Å². The number of rotatable bonds is 3. The van der Waals surface area contributed by atoms with Crippen molar-refractivity contribution in [2.24, 2.45) is 0 Å². The largest absolute Gasteiger partial charge is 0.459 e. The first kappa shape index (κ1) is 16.7. The van der Waals surface area contributed by atoms with Crippen molar-refractivity contribution in [1.82, 2.24) is 0 Å². The average Bonchev–Trinajstić information content (AvgIpc) is 2.38. The lowest BCUT2D eigenvalue weighted by molar-refractivity contribution is -0.0160. The van der Waals surface area contributed by atoms with E-state index in [-0.39, 0.29) is 16.1 Å². The molecule has 1 aliphatic rings. The molecule has 0 N–H and O–H groups in total. The maximum atomic E-state index is 13.6. The van der Waals surface area contributed by atoms with Crippen LogP contribution in [-0.4, -0.2) is 33.7 Å². The number of benzene rings is 1. The van der Waals surface area contributed by atoms with Crippen LogP contribution in [0.25, 0.3) is 0 Å². The van der Waals surface area contributed by atoms with Gasteiger partial charge in [-0.25, -0.2) is 17.6 Å². The summed E-state index contributed by atoms with van der Waals surface area (Å²) < 4.78 is 46.6. The summed E-state index contributed by atoms with van der Waals surface area (Å²) in [4.78, 5) is 11.3. The quantitative estimate of drug-likeness (QED) is 0.575. The second-order valence-electron chi connectivity index (χ2n) is 4.42. The first-order valence-electron chi connectivity index (χ1n) is 6.01. The van der Waals surface area contributed by atoms with Gasteiger partial charge in [-0.05, 0) is 28.1 Å². The maximum absolute atomic E-state index is 13.6. The zero-order valence-electron chi connectivity index (χ0n) is 10.6. The van der Waals surface area contributed by atoms with Gasteiger partial charge < -0.3 is 9.47 Å². The van der Waals surface area contributed by atoms with Crippen LogP contribution in [0.3, 0.4) is 0 Å². The van der Waals surface area contributed by atoms with Crippen LogP contribution in [0.2, 0.25) is 0 Å². The zero-order valence-corrected chi connectivity index (χ0v) is 13.8. The summed E-state index contributed by atoms with van der Waals surface area (Å²) in [6.07, 6.45) is 0.815. The van der Waals surface area contributed by atoms with Crippen LogP contribution in [0, 0.1) is 5.82 Å². The van der Waals surface area contributed by atoms with Crippen molar-refractivity contribution in [2.45, 2.75) is 23.8 Å². The second kappa shape index (κ2) is 6.60. The normalized spacial score (nSPS) is 16.7. The lowest BCUT2D eigenvalue weighted by atomic mass is 10.1. The van der Waals surface area contributed by atoms with E-state index in [2.05, 4.69) is 15.9 Å². The summed E-state index contributed by atoms with van der Waals surface area (Å²) in [5.74, 6) is -1.78. The third-order valence-corrected chi connectivity index (χ3v) is 4.94. The summed E-state index contributed by atoms with van der Waals surface area (Å²) in [5, 5.41) is 0. The lowest BCUT2D eigenvalue weighted by Gasteiger charge is -2.22. The zero-order chi connectivity index (χ0) is 15.6. The molecule has 1 heterocycles. The van der Waals surface area contributed by atoms with Crippen molar-refractivity contribution in [3.63, 3.8) is 0 Å². The van der Waals surface area contributed by atoms with Gasteiger partial charge in [-0.1, -0.05) is 0 Å². The molecule has 0 atom stereocenters. The molecule has 1 aliphatic heterocycles. The van der Waals surface area contributed by atoms with Crippen LogP contribution < -0.4 is 0 Å². The van der Waals surface area contributed by atoms with Crippen molar-refractivity contribution in [1.29, 1.82) is 0 Å². The molecule has 1 aromatic rings. The van der Waals surface area contributed by atoms with Crippen molar-refractivity contribution in [3.8, 4) is 0 Å². The molecule has 0 spiro atoms. The van der Waals surface area contributed by atoms with Gasteiger partial charge in [0.25, 0.3) is 9.05 Å². The molecule has 2 rings (SSSR count). The van der Waals surface area contributed by atoms with Gasteiger partial charge in [-0.3, -0.25) is 0 Å². The van der Waals surface area contributed by atoms with Crippen molar-refractivity contribution >= 4 is 41.6 Å². The molecule has 0 aliphatic carbocycles. The van der Waals surface area contributed by atoms with Gasteiger partial charge >= 0.3 is 5.97 Å². The Morgan fingerprint density at radius 3 is 2.57 bits per heavy atom. The number of carbonyl (C=O) groups is 1. The van der Waals surface area contributed by atoms with E-state index < -0.39 is 25.7 Å². The van der Waals surface area contributed by atoms with Gasteiger partial charge in [0.15, 0.2) is 0 Å². The van der Waals surface area contributed by atoms with Crippen molar-refractivity contribution < 1.29 is 27.1 Å². The Bertz CT molecular complexity index is 658. The topological polar surface area (TPSA) is 69.7 Å². The van der Waals surface area contributed by atoms with E-state index in [0.717, 1.165) is 12.1 Å². The minimum absolute atomic E-state index is 0.0953. The van der Waals surface area contributed by atoms with Crippen molar-refractivity contribution in [2.75, 3.05) is 13.2 Å². The van der Waals surface area contributed by atoms with Gasteiger partial charge in [0.05, 0.1) is 18.8 Å². The van der Waals surface area contributed by atoms with Gasteiger partial charge in [0, 0.05) is 28.0 Å². The fourth-order valence-electron chi connectivity index (χ4n) is 1.88. The molecular formula is C12H11BrClFO5S. The van der Waals surface area contributed by atoms with Crippen LogP contribution in [0.1, 0.15) is 23.2 Å². The molecule has 0 radical (unpaired) electrons. The number of hydrogen-bond acceptors (Lipinski definition) is 5. The number of ether oxygens (including phenoxy) is 2. The average molecular weight is 402 g/mol. The van der Waals surface area contributed by atoms with Crippen LogP contribution in [0.5, 0.6) is 0 Å². The van der Waals surface area contributed by atoms with Crippen LogP contribution in [-0.2, 0) is 18.5 Å². The van der Waals surface area contributed by atoms with E-state index in [1.54, 1.807) is 0 Å². The van der Waals surface area contributed by atoms with E-state index in [9.17, 15) is 17.6 Å². The molecule has 21 heavy (non-hydrogen) atoms. The summed E-state index contributed by atoms with van der Waals surface area (Å²) >= 11 is 3.01. The third-order valence-electron chi connectivity index (χ3n) is 2.95. The molecule has 1 saturated heterocycles. The number of halogens is 3. The monoisotopic (exact) mass is 400 g/mol. The Labute approximate surface area is 133 Å². The number of esters is 1. The molecule has 1 aromatic carbocycles. The third kappa shape index (κ3) is 4.15. The fraction of sp³-hybridized carbons (Fsp3) is 0.417. The highest BCUT2D eigenvalue weighted by Gasteiger charge is 2.25. The highest BCUT2D eigenvalue weighted by Crippen LogP contribution is 2.27. The summed E-state index contributed by atoms with van der Waals surface area (Å²) in [6, 6.07) is 1.74. The molecule has 5 nitrogen and oxygen atoms in total. The Morgan fingerprint density at radius 2 is 2.00 bits per heavy atom. The van der Waals surface area contributed by atoms with Gasteiger partial charge in [0.2, 0.25) is 0 Å². The molecule has 116 valence electrons. The minimum Gasteiger partial charge on any atom is -0.459 e. The van der Waals surface area contributed by atoms with Crippen LogP contribution >= 0.6 is 26.6 Å². The predicted octanol–water partition coefficient (Wildman–Crippen LogP) is 2.85. The Balaban J connectivity index is 2.28. The van der Waals surface area contributed by atoms with Gasteiger partial charge in [-0.2, -0.15) is 0 Å². The predicted molar refractivity (Wildman–Crippen MR) is 76.4 cm³/mol. The molecule has 0 bridgehead atoms. The summed E-state index contributed by atoms with van der Waals surface area (Å²) in [7, 11) is 0.842. The van der Waals surface area contributed by atoms with Gasteiger partial charge in [0.1, 0.15) is 16.8 Å². The Morgan fingerprint density at radius 1 is 1.38 bits per heavy atom. The molecule has 0 saturated carbocycles. The molecule has 9 heteroatoms. The SMILES string of the molecule is O=C(OC1CCOCC1)c1cc(S(=O)(=O)Cl)c(F)cc1Br. The smallest absolute Gasteiger partial charge is 0.339 e. The van der Waals surface area contributed by atoms with E-state index in [0.29, 0.717) is 26.1 Å². The van der Waals surface area contributed by atoms with Gasteiger partial charge in [-0.15, -0.1) is 0 Å². The Hall–Kier alpha value is -0.700. The number of carbonyl (C=O) groups excluding carboxylic acids is 1. The van der Waals surface area contributed by atoms with E-state index in [4.69, 9.17) is 20.2 Å².